The first-order valence-corrected chi connectivity index (χ1v) is 14.4. The Labute approximate surface area is 229 Å². The lowest BCUT2D eigenvalue weighted by atomic mass is 9.48. The molecule has 1 aromatic heterocycles. The number of phenols is 1. The SMILES string of the molecule is Cc1oc(/C=C/C(=O)N(C)[C@@H]2CC[C@@]3(O)[C@H]4Cc5ccc(O)c6c5[C@@]3(CC[N+]4(O)CC3CC3)[C@H]2O6)c(C)c1C. The number of nitrogens with zero attached hydrogens (tertiary/aromatic N) is 2. The van der Waals surface area contributed by atoms with E-state index < -0.39 is 17.1 Å². The summed E-state index contributed by atoms with van der Waals surface area (Å²) in [7, 11) is 1.79. The van der Waals surface area contributed by atoms with E-state index in [0.717, 1.165) is 40.9 Å². The van der Waals surface area contributed by atoms with Crippen molar-refractivity contribution in [2.24, 2.45) is 5.92 Å². The fourth-order valence-corrected chi connectivity index (χ4v) is 8.51. The highest BCUT2D eigenvalue weighted by Gasteiger charge is 2.77. The Morgan fingerprint density at radius 3 is 2.64 bits per heavy atom. The first kappa shape index (κ1) is 25.2. The number of hydroxylamine groups is 3. The van der Waals surface area contributed by atoms with Crippen molar-refractivity contribution < 1.29 is 34.0 Å². The van der Waals surface area contributed by atoms with Gasteiger partial charge < -0.3 is 24.3 Å². The minimum absolute atomic E-state index is 0.0679. The molecule has 3 fully saturated rings. The van der Waals surface area contributed by atoms with E-state index in [9.17, 15) is 20.2 Å². The molecule has 0 radical (unpaired) electrons. The molecule has 39 heavy (non-hydrogen) atoms. The van der Waals surface area contributed by atoms with Crippen LogP contribution in [0, 0.1) is 26.7 Å². The normalized spacial score (nSPS) is 36.1. The molecule has 1 amide bonds. The first-order valence-electron chi connectivity index (χ1n) is 14.4. The topological polar surface area (TPSA) is 103 Å². The van der Waals surface area contributed by atoms with Crippen LogP contribution in [-0.4, -0.2) is 74.8 Å². The summed E-state index contributed by atoms with van der Waals surface area (Å²) in [5.74, 6) is 2.37. The number of hydrogen-bond donors (Lipinski definition) is 3. The molecule has 1 spiro atoms. The molecule has 5 aliphatic rings. The summed E-state index contributed by atoms with van der Waals surface area (Å²) in [6.07, 6.45) is 7.11. The number of quaternary nitrogens is 1. The maximum absolute atomic E-state index is 13.5. The zero-order valence-corrected chi connectivity index (χ0v) is 23.2. The van der Waals surface area contributed by atoms with Crippen molar-refractivity contribution in [3.8, 4) is 11.5 Å². The van der Waals surface area contributed by atoms with Crippen LogP contribution in [0.15, 0.2) is 22.6 Å². The highest BCUT2D eigenvalue weighted by atomic mass is 16.6. The van der Waals surface area contributed by atoms with Crippen molar-refractivity contribution in [3.63, 3.8) is 0 Å². The van der Waals surface area contributed by atoms with E-state index in [0.29, 0.717) is 56.2 Å². The van der Waals surface area contributed by atoms with Crippen LogP contribution in [0.5, 0.6) is 11.5 Å². The second kappa shape index (κ2) is 8.12. The molecule has 2 bridgehead atoms. The Balaban J connectivity index is 1.26. The number of carbonyl (C=O) groups excluding carboxylic acids is 1. The molecule has 1 saturated heterocycles. The van der Waals surface area contributed by atoms with Gasteiger partial charge in [0.15, 0.2) is 17.5 Å². The van der Waals surface area contributed by atoms with E-state index in [1.807, 2.05) is 26.8 Å². The number of aliphatic hydroxyl groups is 1. The molecule has 8 heteroatoms. The molecular formula is C31H39N2O6+. The van der Waals surface area contributed by atoms with Gasteiger partial charge in [0.25, 0.3) is 0 Å². The van der Waals surface area contributed by atoms with Crippen molar-refractivity contribution >= 4 is 12.0 Å². The predicted octanol–water partition coefficient (Wildman–Crippen LogP) is 3.92. The number of rotatable bonds is 5. The highest BCUT2D eigenvalue weighted by Crippen LogP contribution is 2.66. The minimum Gasteiger partial charge on any atom is -0.504 e. The number of piperidine rings is 1. The van der Waals surface area contributed by atoms with Crippen LogP contribution in [0.2, 0.25) is 0 Å². The quantitative estimate of drug-likeness (QED) is 0.396. The van der Waals surface area contributed by atoms with Crippen LogP contribution >= 0.6 is 0 Å². The maximum Gasteiger partial charge on any atom is 0.246 e. The molecule has 1 unspecified atom stereocenters. The molecule has 6 atom stereocenters. The van der Waals surface area contributed by atoms with Gasteiger partial charge in [-0.25, -0.2) is 5.21 Å². The largest absolute Gasteiger partial charge is 0.504 e. The van der Waals surface area contributed by atoms with Crippen LogP contribution in [0.3, 0.4) is 0 Å². The summed E-state index contributed by atoms with van der Waals surface area (Å²) in [4.78, 5) is 15.2. The Morgan fingerprint density at radius 2 is 1.95 bits per heavy atom. The smallest absolute Gasteiger partial charge is 0.246 e. The lowest BCUT2D eigenvalue weighted by molar-refractivity contribution is -1.13. The Kier molecular flexibility index (Phi) is 5.24. The number of carbonyl (C=O) groups is 1. The van der Waals surface area contributed by atoms with Gasteiger partial charge >= 0.3 is 0 Å². The minimum atomic E-state index is -1.19. The predicted molar refractivity (Wildman–Crippen MR) is 144 cm³/mol. The van der Waals surface area contributed by atoms with Crippen molar-refractivity contribution in [2.45, 2.75) is 88.5 Å². The van der Waals surface area contributed by atoms with E-state index in [-0.39, 0.29) is 28.4 Å². The van der Waals surface area contributed by atoms with Gasteiger partial charge in [0.1, 0.15) is 36.3 Å². The average Bonchev–Trinajstić information content (AvgIpc) is 3.58. The molecule has 2 aliphatic heterocycles. The number of hydrogen-bond acceptors (Lipinski definition) is 6. The zero-order valence-electron chi connectivity index (χ0n) is 23.2. The van der Waals surface area contributed by atoms with Crippen molar-refractivity contribution in [1.82, 2.24) is 4.90 Å². The number of amides is 1. The Bertz CT molecular complexity index is 1410. The second-order valence-corrected chi connectivity index (χ2v) is 12.8. The van der Waals surface area contributed by atoms with Crippen molar-refractivity contribution in [2.75, 3.05) is 20.1 Å². The number of likely N-dealkylation sites (N-methyl/N-ethyl adjacent to an activating group) is 1. The van der Waals surface area contributed by atoms with E-state index in [2.05, 4.69) is 0 Å². The summed E-state index contributed by atoms with van der Waals surface area (Å²) < 4.78 is 12.3. The number of phenolic OH excluding ortho intramolecular Hbond substituents is 1. The summed E-state index contributed by atoms with van der Waals surface area (Å²) in [6, 6.07) is 2.93. The van der Waals surface area contributed by atoms with Crippen LogP contribution in [0.1, 0.15) is 65.9 Å². The lowest BCUT2D eigenvalue weighted by Gasteiger charge is -2.64. The standard InChI is InChI=1S/C31H38N2O6/c1-17-18(2)24(38-19(17)3)9-10-26(35)32(4)22-11-12-31(36)25-15-21-7-8-23(34)28-27(21)30(31,29(22)39-28)13-14-33(25,37)16-20-5-6-20/h7-10,20,22,25,29,36-37H,5-6,11-16H2,1-4H3/p+1/b10-9+/t22-,25-,29+,30+,31-,33?/m1/s1. The van der Waals surface area contributed by atoms with Crippen LogP contribution in [-0.2, 0) is 16.6 Å². The molecular weight excluding hydrogens is 496 g/mol. The van der Waals surface area contributed by atoms with E-state index in [1.54, 1.807) is 30.2 Å². The van der Waals surface area contributed by atoms with Crippen molar-refractivity contribution in [1.29, 1.82) is 0 Å². The lowest BCUT2D eigenvalue weighted by Crippen LogP contribution is -2.82. The third-order valence-electron chi connectivity index (χ3n) is 11.0. The average molecular weight is 536 g/mol. The van der Waals surface area contributed by atoms with Gasteiger partial charge in [0, 0.05) is 37.4 Å². The highest BCUT2D eigenvalue weighted by molar-refractivity contribution is 5.91. The molecule has 208 valence electrons. The molecule has 8 nitrogen and oxygen atoms in total. The van der Waals surface area contributed by atoms with Gasteiger partial charge in [-0.15, -0.1) is 0 Å². The fourth-order valence-electron chi connectivity index (χ4n) is 8.51. The molecule has 3 aliphatic carbocycles. The van der Waals surface area contributed by atoms with Gasteiger partial charge in [0.05, 0.1) is 11.5 Å². The summed E-state index contributed by atoms with van der Waals surface area (Å²) in [5, 5.41) is 35.5. The number of likely N-dealkylation sites (tertiary alicyclic amines) is 1. The molecule has 1 aromatic carbocycles. The molecule has 7 rings (SSSR count). The van der Waals surface area contributed by atoms with Gasteiger partial charge in [-0.2, -0.15) is 4.65 Å². The zero-order chi connectivity index (χ0) is 27.5. The summed E-state index contributed by atoms with van der Waals surface area (Å²) in [5.41, 5.74) is 2.04. The molecule has 2 aromatic rings. The third-order valence-corrected chi connectivity index (χ3v) is 11.0. The van der Waals surface area contributed by atoms with E-state index >= 15 is 0 Å². The second-order valence-electron chi connectivity index (χ2n) is 12.8. The van der Waals surface area contributed by atoms with Crippen LogP contribution in [0.4, 0.5) is 0 Å². The van der Waals surface area contributed by atoms with Gasteiger partial charge in [0.2, 0.25) is 5.91 Å². The number of aromatic hydroxyl groups is 1. The number of benzene rings is 1. The number of furan rings is 1. The van der Waals surface area contributed by atoms with E-state index in [1.165, 1.54) is 0 Å². The maximum atomic E-state index is 13.5. The van der Waals surface area contributed by atoms with Crippen molar-refractivity contribution in [3.05, 3.63) is 52.0 Å². The third kappa shape index (κ3) is 3.25. The van der Waals surface area contributed by atoms with E-state index in [4.69, 9.17) is 9.15 Å². The molecule has 3 N–H and O–H groups in total. The van der Waals surface area contributed by atoms with Crippen LogP contribution < -0.4 is 4.74 Å². The number of aryl methyl sites for hydroxylation is 1. The Hall–Kier alpha value is -2.81. The van der Waals surface area contributed by atoms with Gasteiger partial charge in [-0.1, -0.05) is 6.07 Å². The molecule has 2 saturated carbocycles. The van der Waals surface area contributed by atoms with Gasteiger partial charge in [-0.3, -0.25) is 4.79 Å². The first-order chi connectivity index (χ1) is 18.5. The monoisotopic (exact) mass is 535 g/mol. The van der Waals surface area contributed by atoms with Gasteiger partial charge in [-0.05, 0) is 75.3 Å². The Morgan fingerprint density at radius 1 is 1.18 bits per heavy atom. The summed E-state index contributed by atoms with van der Waals surface area (Å²) >= 11 is 0. The molecule has 3 heterocycles. The summed E-state index contributed by atoms with van der Waals surface area (Å²) in [6.45, 7) is 7.11. The fraction of sp³-hybridized carbons (Fsp3) is 0.581. The number of ether oxygens (including phenoxy) is 1. The van der Waals surface area contributed by atoms with Crippen LogP contribution in [0.25, 0.3) is 6.08 Å².